The lowest BCUT2D eigenvalue weighted by Crippen LogP contribution is -3.11. The predicted molar refractivity (Wildman–Crippen MR) is 108 cm³/mol. The van der Waals surface area contributed by atoms with Crippen molar-refractivity contribution in [2.45, 2.75) is 50.8 Å². The van der Waals surface area contributed by atoms with Gasteiger partial charge in [0.15, 0.2) is 0 Å². The summed E-state index contributed by atoms with van der Waals surface area (Å²) < 4.78 is 27.1. The van der Waals surface area contributed by atoms with E-state index in [1.807, 2.05) is 0 Å². The van der Waals surface area contributed by atoms with Crippen LogP contribution < -0.4 is 10.2 Å². The second-order valence-corrected chi connectivity index (χ2v) is 9.10. The van der Waals surface area contributed by atoms with Crippen LogP contribution in [0.4, 0.5) is 0 Å². The Bertz CT molecular complexity index is 677. The summed E-state index contributed by atoms with van der Waals surface area (Å²) in [5.41, 5.74) is 0.500. The number of hydrogen-bond donors (Lipinski definition) is 2. The normalized spacial score (nSPS) is 16.3. The predicted octanol–water partition coefficient (Wildman–Crippen LogP) is 1.30. The maximum Gasteiger partial charge on any atom is 0.251 e. The van der Waals surface area contributed by atoms with Gasteiger partial charge < -0.3 is 10.2 Å². The fourth-order valence-electron chi connectivity index (χ4n) is 3.46. The molecule has 1 fully saturated rings. The smallest absolute Gasteiger partial charge is 0.251 e. The van der Waals surface area contributed by atoms with Crippen molar-refractivity contribution in [1.82, 2.24) is 9.62 Å². The van der Waals surface area contributed by atoms with Gasteiger partial charge in [-0.3, -0.25) is 4.79 Å². The molecular weight excluding hydrogens is 362 g/mol. The number of sulfonamides is 1. The van der Waals surface area contributed by atoms with Crippen molar-refractivity contribution in [3.63, 3.8) is 0 Å². The summed E-state index contributed by atoms with van der Waals surface area (Å²) in [6.45, 7) is 9.36. The number of hydrogen-bond acceptors (Lipinski definition) is 3. The van der Waals surface area contributed by atoms with Crippen LogP contribution in [-0.4, -0.2) is 57.9 Å². The first-order valence-electron chi connectivity index (χ1n) is 10.2. The maximum absolute atomic E-state index is 12.8. The largest absolute Gasteiger partial charge is 0.352 e. The number of benzene rings is 1. The molecule has 0 atom stereocenters. The van der Waals surface area contributed by atoms with Crippen LogP contribution in [0.2, 0.25) is 0 Å². The number of carbonyl (C=O) groups excluding carboxylic acids is 1. The quantitative estimate of drug-likeness (QED) is 0.618. The summed E-state index contributed by atoms with van der Waals surface area (Å²) in [4.78, 5) is 14.0. The van der Waals surface area contributed by atoms with Gasteiger partial charge in [-0.05, 0) is 51.0 Å². The van der Waals surface area contributed by atoms with E-state index in [0.717, 1.165) is 51.7 Å². The summed E-state index contributed by atoms with van der Waals surface area (Å²) >= 11 is 0. The van der Waals surface area contributed by atoms with E-state index < -0.39 is 10.0 Å². The van der Waals surface area contributed by atoms with Crippen LogP contribution in [0.1, 0.15) is 56.3 Å². The van der Waals surface area contributed by atoms with Crippen molar-refractivity contribution >= 4 is 15.9 Å². The highest BCUT2D eigenvalue weighted by molar-refractivity contribution is 7.89. The summed E-state index contributed by atoms with van der Waals surface area (Å²) in [6.07, 6.45) is 4.93. The van der Waals surface area contributed by atoms with Crippen LogP contribution in [0, 0.1) is 0 Å². The van der Waals surface area contributed by atoms with Crippen LogP contribution in [0.15, 0.2) is 29.2 Å². The molecule has 1 aliphatic heterocycles. The molecule has 1 aromatic carbocycles. The van der Waals surface area contributed by atoms with Crippen molar-refractivity contribution in [3.8, 4) is 0 Å². The van der Waals surface area contributed by atoms with E-state index >= 15 is 0 Å². The molecule has 7 heteroatoms. The molecule has 1 aromatic rings. The summed E-state index contributed by atoms with van der Waals surface area (Å²) in [5, 5.41) is 2.92. The minimum Gasteiger partial charge on any atom is -0.352 e. The van der Waals surface area contributed by atoms with Gasteiger partial charge in [-0.25, -0.2) is 8.42 Å². The molecule has 27 heavy (non-hydrogen) atoms. The number of quaternary nitrogens is 1. The molecule has 0 aliphatic carbocycles. The van der Waals surface area contributed by atoms with Crippen LogP contribution in [0.3, 0.4) is 0 Å². The van der Waals surface area contributed by atoms with Crippen LogP contribution >= 0.6 is 0 Å². The van der Waals surface area contributed by atoms with E-state index in [1.165, 1.54) is 4.90 Å². The molecule has 2 rings (SSSR count). The van der Waals surface area contributed by atoms with E-state index in [-0.39, 0.29) is 10.8 Å². The van der Waals surface area contributed by atoms with Crippen molar-refractivity contribution in [1.29, 1.82) is 0 Å². The van der Waals surface area contributed by atoms with Crippen molar-refractivity contribution in [2.24, 2.45) is 0 Å². The summed E-state index contributed by atoms with van der Waals surface area (Å²) in [5.74, 6) is -0.150. The fourth-order valence-corrected chi connectivity index (χ4v) is 4.97. The number of amides is 1. The first kappa shape index (κ1) is 21.9. The standard InChI is InChI=1S/C20H33N3O3S/c1-3-22(4-2)15-9-14-21-20(24)18-10-12-19(13-11-18)27(25,26)23-16-7-5-6-8-17-23/h10-13H,3-9,14-17H2,1-2H3,(H,21,24)/p+1. The van der Waals surface area contributed by atoms with E-state index in [2.05, 4.69) is 19.2 Å². The Morgan fingerprint density at radius 1 is 1.04 bits per heavy atom. The zero-order chi connectivity index (χ0) is 19.7. The highest BCUT2D eigenvalue weighted by atomic mass is 32.2. The Balaban J connectivity index is 1.90. The van der Waals surface area contributed by atoms with Crippen LogP contribution in [0.25, 0.3) is 0 Å². The average Bonchev–Trinajstić information content (AvgIpc) is 2.98. The lowest BCUT2D eigenvalue weighted by Gasteiger charge is -2.20. The molecular formula is C20H34N3O3S+. The molecule has 1 amide bonds. The first-order valence-corrected chi connectivity index (χ1v) is 11.6. The lowest BCUT2D eigenvalue weighted by molar-refractivity contribution is -0.896. The third-order valence-corrected chi connectivity index (χ3v) is 7.22. The third kappa shape index (κ3) is 6.30. The Morgan fingerprint density at radius 3 is 2.19 bits per heavy atom. The average molecular weight is 397 g/mol. The molecule has 1 aliphatic rings. The topological polar surface area (TPSA) is 70.9 Å². The van der Waals surface area contributed by atoms with Crippen molar-refractivity contribution < 1.29 is 18.1 Å². The SMILES string of the molecule is CC[NH+](CC)CCCNC(=O)c1ccc(S(=O)(=O)N2CCCCCC2)cc1. The van der Waals surface area contributed by atoms with E-state index in [9.17, 15) is 13.2 Å². The molecule has 0 aromatic heterocycles. The van der Waals surface area contributed by atoms with Crippen molar-refractivity contribution in [2.75, 3.05) is 39.3 Å². The lowest BCUT2D eigenvalue weighted by atomic mass is 10.2. The molecule has 6 nitrogen and oxygen atoms in total. The highest BCUT2D eigenvalue weighted by Crippen LogP contribution is 2.20. The zero-order valence-electron chi connectivity index (χ0n) is 16.7. The second-order valence-electron chi connectivity index (χ2n) is 7.16. The van der Waals surface area contributed by atoms with E-state index in [0.29, 0.717) is 25.2 Å². The molecule has 0 bridgehead atoms. The molecule has 1 saturated heterocycles. The Hall–Kier alpha value is -1.44. The van der Waals surface area contributed by atoms with Crippen LogP contribution in [-0.2, 0) is 10.0 Å². The molecule has 1 heterocycles. The Morgan fingerprint density at radius 2 is 1.63 bits per heavy atom. The number of rotatable bonds is 9. The Kier molecular flexibility index (Phi) is 8.73. The molecule has 0 saturated carbocycles. The monoisotopic (exact) mass is 396 g/mol. The van der Waals surface area contributed by atoms with Gasteiger partial charge in [0, 0.05) is 31.6 Å². The fraction of sp³-hybridized carbons (Fsp3) is 0.650. The van der Waals surface area contributed by atoms with Gasteiger partial charge in [0.25, 0.3) is 5.91 Å². The number of carbonyl (C=O) groups is 1. The van der Waals surface area contributed by atoms with Crippen LogP contribution in [0.5, 0.6) is 0 Å². The highest BCUT2D eigenvalue weighted by Gasteiger charge is 2.25. The first-order chi connectivity index (χ1) is 13.0. The van der Waals surface area contributed by atoms with Gasteiger partial charge in [-0.1, -0.05) is 12.8 Å². The number of nitrogens with zero attached hydrogens (tertiary/aromatic N) is 1. The van der Waals surface area contributed by atoms with Crippen molar-refractivity contribution in [3.05, 3.63) is 29.8 Å². The Labute approximate surface area is 164 Å². The molecule has 152 valence electrons. The van der Waals surface area contributed by atoms with Gasteiger partial charge in [0.05, 0.1) is 24.5 Å². The molecule has 0 radical (unpaired) electrons. The minimum atomic E-state index is -3.47. The second kappa shape index (κ2) is 10.8. The zero-order valence-corrected chi connectivity index (χ0v) is 17.5. The van der Waals surface area contributed by atoms with Gasteiger partial charge in [-0.2, -0.15) is 4.31 Å². The summed E-state index contributed by atoms with van der Waals surface area (Å²) in [6, 6.07) is 6.32. The maximum atomic E-state index is 12.8. The molecule has 0 unspecified atom stereocenters. The minimum absolute atomic E-state index is 0.150. The van der Waals surface area contributed by atoms with Gasteiger partial charge in [0.2, 0.25) is 10.0 Å². The van der Waals surface area contributed by atoms with Gasteiger partial charge in [0.1, 0.15) is 0 Å². The van der Waals surface area contributed by atoms with E-state index in [4.69, 9.17) is 0 Å². The number of nitrogens with one attached hydrogen (secondary N) is 2. The van der Waals surface area contributed by atoms with Gasteiger partial charge in [-0.15, -0.1) is 0 Å². The molecule has 2 N–H and O–H groups in total. The van der Waals surface area contributed by atoms with E-state index in [1.54, 1.807) is 28.6 Å². The molecule has 0 spiro atoms. The van der Waals surface area contributed by atoms with Gasteiger partial charge >= 0.3 is 0 Å². The summed E-state index contributed by atoms with van der Waals surface area (Å²) in [7, 11) is -3.47. The third-order valence-electron chi connectivity index (χ3n) is 5.31.